The molecule has 5 heteroatoms. The fourth-order valence-electron chi connectivity index (χ4n) is 3.06. The normalized spacial score (nSPS) is 12.8. The Morgan fingerprint density at radius 1 is 1.12 bits per heavy atom. The topological polar surface area (TPSA) is 40.6 Å². The maximum Gasteiger partial charge on any atom is 0.228 e. The monoisotopic (exact) mass is 342 g/mol. The summed E-state index contributed by atoms with van der Waals surface area (Å²) in [6.07, 6.45) is 1.14. The van der Waals surface area contributed by atoms with E-state index in [4.69, 9.17) is 11.6 Å². The summed E-state index contributed by atoms with van der Waals surface area (Å²) in [4.78, 5) is 27.9. The second-order valence-electron chi connectivity index (χ2n) is 5.80. The van der Waals surface area contributed by atoms with Crippen molar-refractivity contribution in [2.24, 2.45) is 0 Å². The minimum Gasteiger partial charge on any atom is -0.312 e. The van der Waals surface area contributed by atoms with Gasteiger partial charge in [-0.1, -0.05) is 41.9 Å². The molecule has 0 unspecified atom stereocenters. The number of carbonyl (C=O) groups is 2. The molecule has 0 N–H and O–H groups in total. The molecule has 124 valence electrons. The number of hydrogen-bond acceptors (Lipinski definition) is 2. The molecule has 2 amide bonds. The fraction of sp³-hybridized carbons (Fsp3) is 0.263. The van der Waals surface area contributed by atoms with Crippen molar-refractivity contribution >= 4 is 34.8 Å². The minimum atomic E-state index is -0.127. The number of halogens is 1. The van der Waals surface area contributed by atoms with Gasteiger partial charge in [0.2, 0.25) is 11.8 Å². The van der Waals surface area contributed by atoms with Crippen molar-refractivity contribution in [3.63, 3.8) is 0 Å². The van der Waals surface area contributed by atoms with Gasteiger partial charge in [-0.15, -0.1) is 0 Å². The van der Waals surface area contributed by atoms with E-state index in [1.54, 1.807) is 21.9 Å². The van der Waals surface area contributed by atoms with Crippen LogP contribution in [-0.2, 0) is 16.0 Å². The Kier molecular flexibility index (Phi) is 4.86. The summed E-state index contributed by atoms with van der Waals surface area (Å²) in [5, 5.41) is 0.506. The van der Waals surface area contributed by atoms with Crippen LogP contribution in [0.25, 0.3) is 0 Å². The quantitative estimate of drug-likeness (QED) is 0.850. The van der Waals surface area contributed by atoms with Crippen LogP contribution in [0.4, 0.5) is 11.4 Å². The third-order valence-electron chi connectivity index (χ3n) is 4.26. The Hall–Kier alpha value is -2.33. The molecule has 0 radical (unpaired) electrons. The van der Waals surface area contributed by atoms with Gasteiger partial charge in [0.05, 0.1) is 10.7 Å². The van der Waals surface area contributed by atoms with Crippen LogP contribution in [0.15, 0.2) is 48.5 Å². The number of rotatable bonds is 4. The van der Waals surface area contributed by atoms with Gasteiger partial charge < -0.3 is 9.80 Å². The number of anilines is 2. The maximum atomic E-state index is 12.6. The molecule has 1 aliphatic rings. The van der Waals surface area contributed by atoms with Gasteiger partial charge in [0.25, 0.3) is 0 Å². The second kappa shape index (κ2) is 7.05. The molecule has 2 aromatic carbocycles. The molecule has 0 atom stereocenters. The van der Waals surface area contributed by atoms with E-state index in [-0.39, 0.29) is 18.2 Å². The summed E-state index contributed by atoms with van der Waals surface area (Å²) in [5.41, 5.74) is 2.82. The Labute approximate surface area is 146 Å². The van der Waals surface area contributed by atoms with Crippen LogP contribution < -0.4 is 9.80 Å². The van der Waals surface area contributed by atoms with Crippen molar-refractivity contribution in [1.82, 2.24) is 0 Å². The van der Waals surface area contributed by atoms with E-state index >= 15 is 0 Å². The smallest absolute Gasteiger partial charge is 0.228 e. The highest BCUT2D eigenvalue weighted by Gasteiger charge is 2.25. The van der Waals surface area contributed by atoms with E-state index in [9.17, 15) is 9.59 Å². The molecule has 0 aliphatic carbocycles. The molecule has 0 aromatic heterocycles. The van der Waals surface area contributed by atoms with Gasteiger partial charge in [0, 0.05) is 32.1 Å². The zero-order valence-corrected chi connectivity index (χ0v) is 14.3. The highest BCUT2D eigenvalue weighted by molar-refractivity contribution is 6.33. The first-order valence-electron chi connectivity index (χ1n) is 7.99. The lowest BCUT2D eigenvalue weighted by Gasteiger charge is -2.24. The number of amides is 2. The SMILES string of the molecule is CC(=O)N(CCC(=O)N1CCc2ccccc21)c1ccccc1Cl. The number of para-hydroxylation sites is 2. The Bertz CT molecular complexity index is 775. The van der Waals surface area contributed by atoms with Gasteiger partial charge in [0.15, 0.2) is 0 Å². The van der Waals surface area contributed by atoms with Gasteiger partial charge in [0.1, 0.15) is 0 Å². The third-order valence-corrected chi connectivity index (χ3v) is 4.58. The van der Waals surface area contributed by atoms with Gasteiger partial charge in [-0.05, 0) is 30.2 Å². The first-order valence-corrected chi connectivity index (χ1v) is 8.36. The zero-order chi connectivity index (χ0) is 17.1. The Morgan fingerprint density at radius 3 is 2.58 bits per heavy atom. The summed E-state index contributed by atoms with van der Waals surface area (Å²) >= 11 is 6.18. The molecule has 2 aromatic rings. The van der Waals surface area contributed by atoms with Crippen LogP contribution in [-0.4, -0.2) is 24.9 Å². The molecule has 3 rings (SSSR count). The molecular formula is C19H19ClN2O2. The zero-order valence-electron chi connectivity index (χ0n) is 13.5. The van der Waals surface area contributed by atoms with Crippen LogP contribution in [0, 0.1) is 0 Å². The number of fused-ring (bicyclic) bond motifs is 1. The highest BCUT2D eigenvalue weighted by Crippen LogP contribution is 2.29. The number of nitrogens with zero attached hydrogens (tertiary/aromatic N) is 2. The van der Waals surface area contributed by atoms with Crippen LogP contribution in [0.5, 0.6) is 0 Å². The lowest BCUT2D eigenvalue weighted by molar-refractivity contribution is -0.118. The maximum absolute atomic E-state index is 12.6. The van der Waals surface area contributed by atoms with Crippen molar-refractivity contribution in [2.75, 3.05) is 22.9 Å². The van der Waals surface area contributed by atoms with E-state index < -0.39 is 0 Å². The summed E-state index contributed by atoms with van der Waals surface area (Å²) in [7, 11) is 0. The third kappa shape index (κ3) is 3.29. The predicted octanol–water partition coefficient (Wildman–Crippen LogP) is 3.67. The molecule has 1 aliphatic heterocycles. The van der Waals surface area contributed by atoms with E-state index in [0.717, 1.165) is 12.1 Å². The molecule has 0 saturated heterocycles. The number of hydrogen-bond donors (Lipinski definition) is 0. The summed E-state index contributed by atoms with van der Waals surface area (Å²) in [5.74, 6) is -0.101. The minimum absolute atomic E-state index is 0.0262. The van der Waals surface area contributed by atoms with E-state index in [2.05, 4.69) is 0 Å². The standard InChI is InChI=1S/C19H19ClN2O2/c1-14(23)21(18-9-5-3-7-16(18)20)13-11-19(24)22-12-10-15-6-2-4-8-17(15)22/h2-9H,10-13H2,1H3. The Balaban J connectivity index is 1.71. The first-order chi connectivity index (χ1) is 11.6. The summed E-state index contributed by atoms with van der Waals surface area (Å²) in [6.45, 7) is 2.50. The van der Waals surface area contributed by atoms with Crippen molar-refractivity contribution in [3.05, 3.63) is 59.1 Å². The lowest BCUT2D eigenvalue weighted by Crippen LogP contribution is -2.35. The van der Waals surface area contributed by atoms with Gasteiger partial charge in [-0.3, -0.25) is 9.59 Å². The first kappa shape index (κ1) is 16.5. The van der Waals surface area contributed by atoms with Crippen molar-refractivity contribution in [2.45, 2.75) is 19.8 Å². The number of carbonyl (C=O) groups excluding carboxylic acids is 2. The second-order valence-corrected chi connectivity index (χ2v) is 6.20. The molecule has 0 spiro atoms. The van der Waals surface area contributed by atoms with E-state index in [0.29, 0.717) is 23.8 Å². The molecule has 0 bridgehead atoms. The van der Waals surface area contributed by atoms with Crippen molar-refractivity contribution in [1.29, 1.82) is 0 Å². The van der Waals surface area contributed by atoms with Gasteiger partial charge in [-0.25, -0.2) is 0 Å². The summed E-state index contributed by atoms with van der Waals surface area (Å²) in [6, 6.07) is 15.1. The van der Waals surface area contributed by atoms with Crippen LogP contribution in [0.2, 0.25) is 5.02 Å². The van der Waals surface area contributed by atoms with Crippen LogP contribution in [0.3, 0.4) is 0 Å². The average Bonchev–Trinajstić information content (AvgIpc) is 3.00. The fourth-order valence-corrected chi connectivity index (χ4v) is 3.30. The predicted molar refractivity (Wildman–Crippen MR) is 96.6 cm³/mol. The van der Waals surface area contributed by atoms with Gasteiger partial charge in [-0.2, -0.15) is 0 Å². The summed E-state index contributed by atoms with van der Waals surface area (Å²) < 4.78 is 0. The molecular weight excluding hydrogens is 324 g/mol. The van der Waals surface area contributed by atoms with E-state index in [1.807, 2.05) is 36.4 Å². The molecule has 0 saturated carbocycles. The lowest BCUT2D eigenvalue weighted by atomic mass is 10.2. The molecule has 24 heavy (non-hydrogen) atoms. The van der Waals surface area contributed by atoms with Crippen LogP contribution in [0.1, 0.15) is 18.9 Å². The van der Waals surface area contributed by atoms with Crippen molar-refractivity contribution in [3.8, 4) is 0 Å². The molecule has 1 heterocycles. The van der Waals surface area contributed by atoms with Crippen LogP contribution >= 0.6 is 11.6 Å². The molecule has 4 nitrogen and oxygen atoms in total. The Morgan fingerprint density at radius 2 is 1.83 bits per heavy atom. The average molecular weight is 343 g/mol. The van der Waals surface area contributed by atoms with Crippen molar-refractivity contribution < 1.29 is 9.59 Å². The number of benzene rings is 2. The van der Waals surface area contributed by atoms with Gasteiger partial charge >= 0.3 is 0 Å². The largest absolute Gasteiger partial charge is 0.312 e. The molecule has 0 fully saturated rings. The van der Waals surface area contributed by atoms with E-state index in [1.165, 1.54) is 12.5 Å². The highest BCUT2D eigenvalue weighted by atomic mass is 35.5.